The van der Waals surface area contributed by atoms with Crippen molar-refractivity contribution in [2.24, 2.45) is 5.73 Å². The Morgan fingerprint density at radius 2 is 2.11 bits per heavy atom. The maximum atomic E-state index is 6.45. The Bertz CT molecular complexity index is 549. The van der Waals surface area contributed by atoms with Crippen molar-refractivity contribution in [3.05, 3.63) is 51.7 Å². The third kappa shape index (κ3) is 2.04. The van der Waals surface area contributed by atoms with Gasteiger partial charge in [0.1, 0.15) is 5.75 Å². The van der Waals surface area contributed by atoms with Gasteiger partial charge in [0, 0.05) is 21.7 Å². The molecule has 0 radical (unpaired) electrons. The monoisotopic (exact) mass is 259 g/mol. The first-order chi connectivity index (χ1) is 8.75. The highest BCUT2D eigenvalue weighted by atomic mass is 32.1. The van der Waals surface area contributed by atoms with Crippen molar-refractivity contribution in [2.45, 2.75) is 25.3 Å². The van der Waals surface area contributed by atoms with Crippen LogP contribution in [-0.2, 0) is 0 Å². The number of para-hydroxylation sites is 1. The fraction of sp³-hybridized carbons (Fsp3) is 0.333. The molecule has 2 aromatic rings. The van der Waals surface area contributed by atoms with Crippen molar-refractivity contribution in [1.29, 1.82) is 0 Å². The van der Waals surface area contributed by atoms with Crippen LogP contribution in [0, 0.1) is 6.92 Å². The number of thiophene rings is 1. The second kappa shape index (κ2) is 4.75. The number of hydrogen-bond donors (Lipinski definition) is 1. The highest BCUT2D eigenvalue weighted by molar-refractivity contribution is 7.12. The van der Waals surface area contributed by atoms with E-state index in [1.54, 1.807) is 11.3 Å². The highest BCUT2D eigenvalue weighted by Crippen LogP contribution is 2.41. The van der Waals surface area contributed by atoms with Gasteiger partial charge in [-0.25, -0.2) is 0 Å². The summed E-state index contributed by atoms with van der Waals surface area (Å²) in [7, 11) is 0. The third-order valence-electron chi connectivity index (χ3n) is 3.53. The number of nitrogens with two attached hydrogens (primary N) is 1. The highest BCUT2D eigenvalue weighted by Gasteiger charge is 2.28. The summed E-state index contributed by atoms with van der Waals surface area (Å²) < 4.78 is 5.69. The molecule has 0 fully saturated rings. The molecule has 3 rings (SSSR count). The quantitative estimate of drug-likeness (QED) is 0.894. The molecule has 1 aliphatic heterocycles. The van der Waals surface area contributed by atoms with E-state index >= 15 is 0 Å². The van der Waals surface area contributed by atoms with Crippen molar-refractivity contribution >= 4 is 11.3 Å². The molecule has 0 saturated heterocycles. The molecule has 2 heterocycles. The third-order valence-corrected chi connectivity index (χ3v) is 4.63. The molecule has 18 heavy (non-hydrogen) atoms. The Balaban J connectivity index is 1.94. The van der Waals surface area contributed by atoms with E-state index in [-0.39, 0.29) is 6.04 Å². The summed E-state index contributed by atoms with van der Waals surface area (Å²) in [5.41, 5.74) is 7.70. The normalized spacial score (nSPS) is 20.0. The van der Waals surface area contributed by atoms with Crippen molar-refractivity contribution < 1.29 is 4.74 Å². The van der Waals surface area contributed by atoms with E-state index in [2.05, 4.69) is 31.2 Å². The molecule has 0 amide bonds. The van der Waals surface area contributed by atoms with Crippen LogP contribution in [0.1, 0.15) is 33.7 Å². The minimum Gasteiger partial charge on any atom is -0.493 e. The number of benzene rings is 1. The van der Waals surface area contributed by atoms with Gasteiger partial charge in [-0.1, -0.05) is 18.2 Å². The number of aryl methyl sites for hydroxylation is 1. The molecule has 1 aromatic carbocycles. The molecule has 0 saturated carbocycles. The molecule has 2 nitrogen and oxygen atoms in total. The van der Waals surface area contributed by atoms with Crippen molar-refractivity contribution in [1.82, 2.24) is 0 Å². The van der Waals surface area contributed by atoms with Crippen LogP contribution >= 0.6 is 11.3 Å². The van der Waals surface area contributed by atoms with E-state index in [0.29, 0.717) is 5.92 Å². The number of rotatable bonds is 2. The molecule has 2 atom stereocenters. The fourth-order valence-electron chi connectivity index (χ4n) is 2.57. The van der Waals surface area contributed by atoms with Gasteiger partial charge in [0.15, 0.2) is 0 Å². The van der Waals surface area contributed by atoms with Crippen LogP contribution < -0.4 is 10.5 Å². The number of ether oxygens (including phenoxy) is 1. The van der Waals surface area contributed by atoms with Gasteiger partial charge < -0.3 is 10.5 Å². The largest absolute Gasteiger partial charge is 0.493 e. The van der Waals surface area contributed by atoms with E-state index in [4.69, 9.17) is 10.5 Å². The van der Waals surface area contributed by atoms with Crippen LogP contribution in [0.2, 0.25) is 0 Å². The smallest absolute Gasteiger partial charge is 0.122 e. The topological polar surface area (TPSA) is 35.2 Å². The van der Waals surface area contributed by atoms with Crippen LogP contribution in [0.5, 0.6) is 5.75 Å². The van der Waals surface area contributed by atoms with Gasteiger partial charge in [0.25, 0.3) is 0 Å². The van der Waals surface area contributed by atoms with Gasteiger partial charge in [0.2, 0.25) is 0 Å². The van der Waals surface area contributed by atoms with E-state index in [9.17, 15) is 0 Å². The van der Waals surface area contributed by atoms with E-state index in [0.717, 1.165) is 18.8 Å². The Kier molecular flexibility index (Phi) is 3.10. The van der Waals surface area contributed by atoms with Gasteiger partial charge in [0.05, 0.1) is 6.61 Å². The standard InChI is InChI=1S/C15H17NOS/c1-10-6-7-14(18-10)15(16)12-8-9-17-13-5-3-2-4-11(12)13/h2-7,12,15H,8-9,16H2,1H3. The Morgan fingerprint density at radius 1 is 1.28 bits per heavy atom. The van der Waals surface area contributed by atoms with Gasteiger partial charge >= 0.3 is 0 Å². The molecule has 3 heteroatoms. The zero-order valence-corrected chi connectivity index (χ0v) is 11.2. The lowest BCUT2D eigenvalue weighted by atomic mass is 9.86. The first kappa shape index (κ1) is 11.8. The van der Waals surface area contributed by atoms with Gasteiger partial charge in [-0.2, -0.15) is 0 Å². The van der Waals surface area contributed by atoms with Crippen LogP contribution in [0.15, 0.2) is 36.4 Å². The second-order valence-electron chi connectivity index (χ2n) is 4.76. The van der Waals surface area contributed by atoms with Crippen molar-refractivity contribution in [3.8, 4) is 5.75 Å². The molecule has 0 bridgehead atoms. The van der Waals surface area contributed by atoms with E-state index in [1.165, 1.54) is 15.3 Å². The van der Waals surface area contributed by atoms with Crippen LogP contribution in [0.3, 0.4) is 0 Å². The first-order valence-corrected chi connectivity index (χ1v) is 7.11. The summed E-state index contributed by atoms with van der Waals surface area (Å²) in [4.78, 5) is 2.59. The molecule has 2 N–H and O–H groups in total. The van der Waals surface area contributed by atoms with Gasteiger partial charge in [-0.3, -0.25) is 0 Å². The molecule has 0 aliphatic carbocycles. The summed E-state index contributed by atoms with van der Waals surface area (Å²) in [5.74, 6) is 1.37. The Hall–Kier alpha value is -1.32. The van der Waals surface area contributed by atoms with Crippen LogP contribution in [0.4, 0.5) is 0 Å². The summed E-state index contributed by atoms with van der Waals surface area (Å²) in [6.45, 7) is 2.89. The van der Waals surface area contributed by atoms with E-state index < -0.39 is 0 Å². The SMILES string of the molecule is Cc1ccc(C(N)C2CCOc3ccccc32)s1. The summed E-state index contributed by atoms with van der Waals surface area (Å²) in [6, 6.07) is 12.6. The average molecular weight is 259 g/mol. The summed E-state index contributed by atoms with van der Waals surface area (Å²) >= 11 is 1.80. The molecule has 2 unspecified atom stereocenters. The summed E-state index contributed by atoms with van der Waals surface area (Å²) in [6.07, 6.45) is 0.995. The Morgan fingerprint density at radius 3 is 2.89 bits per heavy atom. The Labute approximate surface area is 111 Å². The maximum absolute atomic E-state index is 6.45. The fourth-order valence-corrected chi connectivity index (χ4v) is 3.52. The molecule has 94 valence electrons. The minimum absolute atomic E-state index is 0.0775. The lowest BCUT2D eigenvalue weighted by Gasteiger charge is -2.29. The number of fused-ring (bicyclic) bond motifs is 1. The average Bonchev–Trinajstić information content (AvgIpc) is 2.84. The number of hydrogen-bond acceptors (Lipinski definition) is 3. The summed E-state index contributed by atoms with van der Waals surface area (Å²) in [5, 5.41) is 0. The molecular formula is C15H17NOS. The molecule has 1 aliphatic rings. The van der Waals surface area contributed by atoms with Crippen LogP contribution in [0.25, 0.3) is 0 Å². The first-order valence-electron chi connectivity index (χ1n) is 6.29. The predicted molar refractivity (Wildman–Crippen MR) is 75.3 cm³/mol. The molecule has 0 spiro atoms. The van der Waals surface area contributed by atoms with Gasteiger partial charge in [-0.15, -0.1) is 11.3 Å². The van der Waals surface area contributed by atoms with Crippen LogP contribution in [-0.4, -0.2) is 6.61 Å². The zero-order valence-electron chi connectivity index (χ0n) is 10.4. The lowest BCUT2D eigenvalue weighted by Crippen LogP contribution is -2.24. The van der Waals surface area contributed by atoms with Gasteiger partial charge in [-0.05, 0) is 37.1 Å². The second-order valence-corrected chi connectivity index (χ2v) is 6.08. The van der Waals surface area contributed by atoms with Crippen molar-refractivity contribution in [2.75, 3.05) is 6.61 Å². The predicted octanol–water partition coefficient (Wildman–Crippen LogP) is 3.62. The molecular weight excluding hydrogens is 242 g/mol. The zero-order chi connectivity index (χ0) is 12.5. The maximum Gasteiger partial charge on any atom is 0.122 e. The van der Waals surface area contributed by atoms with Crippen molar-refractivity contribution in [3.63, 3.8) is 0 Å². The minimum atomic E-state index is 0.0775. The van der Waals surface area contributed by atoms with E-state index in [1.807, 2.05) is 12.1 Å². The molecule has 1 aromatic heterocycles. The lowest BCUT2D eigenvalue weighted by molar-refractivity contribution is 0.256.